The molecule has 0 aliphatic rings. The molecule has 1 aromatic heterocycles. The fourth-order valence-electron chi connectivity index (χ4n) is 2.92. The molecule has 9 heteroatoms. The van der Waals surface area contributed by atoms with Crippen LogP contribution in [0, 0.1) is 5.82 Å². The lowest BCUT2D eigenvalue weighted by Gasteiger charge is -2.16. The summed E-state index contributed by atoms with van der Waals surface area (Å²) in [5.74, 6) is -2.52. The third-order valence-electron chi connectivity index (χ3n) is 4.27. The van der Waals surface area contributed by atoms with E-state index in [0.717, 1.165) is 6.20 Å². The van der Waals surface area contributed by atoms with Crippen LogP contribution < -0.4 is 5.43 Å². The molecule has 0 saturated carbocycles. The minimum atomic E-state index is -4.94. The molecule has 1 heterocycles. The predicted octanol–water partition coefficient (Wildman–Crippen LogP) is 5.15. The quantitative estimate of drug-likeness (QED) is 0.390. The fourth-order valence-corrected chi connectivity index (χ4v) is 3.33. The van der Waals surface area contributed by atoms with Crippen molar-refractivity contribution in [2.75, 3.05) is 6.61 Å². The van der Waals surface area contributed by atoms with E-state index in [4.69, 9.17) is 4.74 Å². The Hall–Kier alpha value is -2.68. The Morgan fingerprint density at radius 2 is 1.90 bits per heavy atom. The maximum atomic E-state index is 14.1. The molecule has 0 aliphatic carbocycles. The summed E-state index contributed by atoms with van der Waals surface area (Å²) in [6, 6.07) is 8.06. The minimum Gasteiger partial charge on any atom is -0.462 e. The summed E-state index contributed by atoms with van der Waals surface area (Å²) in [5, 5.41) is -0.340. The van der Waals surface area contributed by atoms with Crippen LogP contribution in [-0.4, -0.2) is 17.1 Å². The first-order chi connectivity index (χ1) is 13.6. The standard InChI is InChI=1S/C20H14BrF4NO3/c1-2-29-19(28)13-10-26(9-11-5-3-4-6-15(11)21)17-8-14(20(23,24)25)16(22)7-12(17)18(13)27/h3-8,10H,2,9H2,1H3. The summed E-state index contributed by atoms with van der Waals surface area (Å²) in [6.07, 6.45) is -3.80. The van der Waals surface area contributed by atoms with E-state index in [9.17, 15) is 27.2 Å². The monoisotopic (exact) mass is 471 g/mol. The molecule has 0 aliphatic heterocycles. The predicted molar refractivity (Wildman–Crippen MR) is 102 cm³/mol. The lowest BCUT2D eigenvalue weighted by molar-refractivity contribution is -0.139. The molecule has 0 spiro atoms. The second-order valence-corrected chi connectivity index (χ2v) is 7.01. The molecule has 0 N–H and O–H groups in total. The van der Waals surface area contributed by atoms with Gasteiger partial charge in [-0.3, -0.25) is 4.79 Å². The second-order valence-electron chi connectivity index (χ2n) is 6.16. The molecule has 0 fully saturated rings. The van der Waals surface area contributed by atoms with E-state index in [0.29, 0.717) is 22.2 Å². The molecule has 0 amide bonds. The Morgan fingerprint density at radius 3 is 2.52 bits per heavy atom. The van der Waals surface area contributed by atoms with Crippen molar-refractivity contribution >= 4 is 32.8 Å². The zero-order valence-corrected chi connectivity index (χ0v) is 16.6. The zero-order chi connectivity index (χ0) is 21.3. The maximum absolute atomic E-state index is 14.1. The van der Waals surface area contributed by atoms with Gasteiger partial charge in [0.25, 0.3) is 0 Å². The van der Waals surface area contributed by atoms with E-state index in [-0.39, 0.29) is 29.6 Å². The first kappa shape index (κ1) is 21.0. The Kier molecular flexibility index (Phi) is 5.79. The van der Waals surface area contributed by atoms with Gasteiger partial charge in [-0.15, -0.1) is 0 Å². The van der Waals surface area contributed by atoms with Gasteiger partial charge in [-0.25, -0.2) is 9.18 Å². The van der Waals surface area contributed by atoms with E-state index >= 15 is 0 Å². The number of benzene rings is 2. The van der Waals surface area contributed by atoms with Crippen molar-refractivity contribution in [1.29, 1.82) is 0 Å². The van der Waals surface area contributed by atoms with Crippen LogP contribution in [0.3, 0.4) is 0 Å². The highest BCUT2D eigenvalue weighted by atomic mass is 79.9. The number of carbonyl (C=O) groups is 1. The number of rotatable bonds is 4. The average molecular weight is 472 g/mol. The largest absolute Gasteiger partial charge is 0.462 e. The van der Waals surface area contributed by atoms with Gasteiger partial charge in [0.1, 0.15) is 11.4 Å². The van der Waals surface area contributed by atoms with Gasteiger partial charge in [0, 0.05) is 22.6 Å². The van der Waals surface area contributed by atoms with Crippen molar-refractivity contribution in [2.45, 2.75) is 19.6 Å². The topological polar surface area (TPSA) is 48.3 Å². The number of pyridine rings is 1. The van der Waals surface area contributed by atoms with Gasteiger partial charge in [-0.2, -0.15) is 13.2 Å². The molecule has 0 atom stereocenters. The van der Waals surface area contributed by atoms with Crippen molar-refractivity contribution in [2.24, 2.45) is 0 Å². The first-order valence-corrected chi connectivity index (χ1v) is 9.27. The summed E-state index contributed by atoms with van der Waals surface area (Å²) in [7, 11) is 0. The number of alkyl halides is 3. The number of carbonyl (C=O) groups excluding carboxylic acids is 1. The molecule has 0 unspecified atom stereocenters. The van der Waals surface area contributed by atoms with Gasteiger partial charge >= 0.3 is 12.1 Å². The maximum Gasteiger partial charge on any atom is 0.419 e. The summed E-state index contributed by atoms with van der Waals surface area (Å²) < 4.78 is 60.5. The number of fused-ring (bicyclic) bond motifs is 1. The molecule has 3 rings (SSSR count). The summed E-state index contributed by atoms with van der Waals surface area (Å²) >= 11 is 3.36. The summed E-state index contributed by atoms with van der Waals surface area (Å²) in [5.41, 5.74) is -2.23. The molecule has 0 radical (unpaired) electrons. The Balaban J connectivity index is 2.33. The van der Waals surface area contributed by atoms with Crippen LogP contribution in [0.1, 0.15) is 28.4 Å². The smallest absolute Gasteiger partial charge is 0.419 e. The molecule has 0 bridgehead atoms. The lowest BCUT2D eigenvalue weighted by Crippen LogP contribution is -2.22. The highest BCUT2D eigenvalue weighted by molar-refractivity contribution is 9.10. The fraction of sp³-hybridized carbons (Fsp3) is 0.200. The molecular formula is C20H14BrF4NO3. The van der Waals surface area contributed by atoms with E-state index in [1.165, 1.54) is 4.57 Å². The first-order valence-electron chi connectivity index (χ1n) is 8.48. The van der Waals surface area contributed by atoms with Crippen LogP contribution in [0.4, 0.5) is 17.6 Å². The molecular weight excluding hydrogens is 458 g/mol. The number of esters is 1. The van der Waals surface area contributed by atoms with Crippen molar-refractivity contribution in [3.8, 4) is 0 Å². The van der Waals surface area contributed by atoms with E-state index in [1.807, 2.05) is 0 Å². The Bertz CT molecular complexity index is 1150. The Morgan fingerprint density at radius 1 is 1.21 bits per heavy atom. The second kappa shape index (κ2) is 7.98. The zero-order valence-electron chi connectivity index (χ0n) is 15.0. The summed E-state index contributed by atoms with van der Waals surface area (Å²) in [6.45, 7) is 1.59. The van der Waals surface area contributed by atoms with Crippen LogP contribution >= 0.6 is 15.9 Å². The van der Waals surface area contributed by atoms with Crippen LogP contribution in [0.2, 0.25) is 0 Å². The van der Waals surface area contributed by atoms with Gasteiger partial charge in [-0.1, -0.05) is 34.1 Å². The van der Waals surface area contributed by atoms with E-state index in [1.54, 1.807) is 31.2 Å². The normalized spacial score (nSPS) is 11.7. The van der Waals surface area contributed by atoms with Gasteiger partial charge in [-0.05, 0) is 30.7 Å². The number of ether oxygens (including phenoxy) is 1. The van der Waals surface area contributed by atoms with Gasteiger partial charge in [0.05, 0.1) is 17.7 Å². The van der Waals surface area contributed by atoms with Crippen LogP contribution in [0.15, 0.2) is 51.9 Å². The van der Waals surface area contributed by atoms with Crippen LogP contribution in [-0.2, 0) is 17.5 Å². The van der Waals surface area contributed by atoms with Crippen LogP contribution in [0.5, 0.6) is 0 Å². The Labute approximate surface area is 170 Å². The molecule has 3 aromatic rings. The number of hydrogen-bond donors (Lipinski definition) is 0. The average Bonchev–Trinajstić information content (AvgIpc) is 2.64. The van der Waals surface area contributed by atoms with Crippen molar-refractivity contribution in [1.82, 2.24) is 4.57 Å². The third kappa shape index (κ3) is 4.19. The minimum absolute atomic E-state index is 0.00190. The third-order valence-corrected chi connectivity index (χ3v) is 5.04. The molecule has 2 aromatic carbocycles. The molecule has 29 heavy (non-hydrogen) atoms. The highest BCUT2D eigenvalue weighted by Gasteiger charge is 2.35. The number of nitrogens with zero attached hydrogens (tertiary/aromatic N) is 1. The number of hydrogen-bond acceptors (Lipinski definition) is 3. The molecule has 152 valence electrons. The van der Waals surface area contributed by atoms with Crippen LogP contribution in [0.25, 0.3) is 10.9 Å². The van der Waals surface area contributed by atoms with Gasteiger partial charge in [0.15, 0.2) is 0 Å². The van der Waals surface area contributed by atoms with Gasteiger partial charge < -0.3 is 9.30 Å². The van der Waals surface area contributed by atoms with Crippen molar-refractivity contribution in [3.05, 3.63) is 79.8 Å². The molecule has 0 saturated heterocycles. The van der Waals surface area contributed by atoms with Crippen molar-refractivity contribution < 1.29 is 27.1 Å². The van der Waals surface area contributed by atoms with E-state index < -0.39 is 29.0 Å². The molecule has 4 nitrogen and oxygen atoms in total. The number of halogens is 5. The SMILES string of the molecule is CCOC(=O)c1cn(Cc2ccccc2Br)c2cc(C(F)(F)F)c(F)cc2c1=O. The lowest BCUT2D eigenvalue weighted by atomic mass is 10.1. The summed E-state index contributed by atoms with van der Waals surface area (Å²) in [4.78, 5) is 24.8. The highest BCUT2D eigenvalue weighted by Crippen LogP contribution is 2.33. The number of aromatic nitrogens is 1. The van der Waals surface area contributed by atoms with E-state index in [2.05, 4.69) is 15.9 Å². The van der Waals surface area contributed by atoms with Crippen molar-refractivity contribution in [3.63, 3.8) is 0 Å². The van der Waals surface area contributed by atoms with Gasteiger partial charge in [0.2, 0.25) is 5.43 Å².